The number of esters is 1. The highest BCUT2D eigenvalue weighted by Crippen LogP contribution is 2.79. The van der Waals surface area contributed by atoms with Gasteiger partial charge >= 0.3 is 5.97 Å². The van der Waals surface area contributed by atoms with Crippen LogP contribution < -0.4 is 5.32 Å². The Labute approximate surface area is 263 Å². The first-order valence-electron chi connectivity index (χ1n) is 15.4. The number of para-hydroxylation sites is 1. The third-order valence-electron chi connectivity index (χ3n) is 12.6. The number of rotatable bonds is 7. The Morgan fingerprint density at radius 2 is 1.81 bits per heavy atom. The number of fused-ring (bicyclic) bond motifs is 2. The van der Waals surface area contributed by atoms with Crippen LogP contribution in [0.2, 0.25) is 0 Å². The van der Waals surface area contributed by atoms with E-state index in [-0.39, 0.29) is 64.8 Å². The molecule has 5 saturated carbocycles. The van der Waals surface area contributed by atoms with Crippen LogP contribution in [-0.4, -0.2) is 103 Å². The fourth-order valence-corrected chi connectivity index (χ4v) is 11.6. The second kappa shape index (κ2) is 10.5. The standard InChI is InChI=1S/C32H44N2O8.BrH/c1-6-34-16-29(42-28(36)18-9-7-8-10-21(18)33-17(2)35)12-11-25(40-4)31-23(29)14-20(26(31)34)30(37)15-22(39-3)19-13-24(31)32(30,38)27(19)41-5;/h7-10,19-20,22-27,37-38H,6,11-16H2,1-5H3,(H,33,35);1H/t19?,20?,22-,23+,24-,25+,26-,27-,29-,30-,31?,32-;/m0./s1. The molecule has 0 radical (unpaired) electrons. The average molecular weight is 666 g/mol. The van der Waals surface area contributed by atoms with Gasteiger partial charge < -0.3 is 34.5 Å². The summed E-state index contributed by atoms with van der Waals surface area (Å²) in [6, 6.07) is 6.89. The molecule has 7 rings (SSSR count). The molecule has 1 aliphatic heterocycles. The van der Waals surface area contributed by atoms with E-state index in [9.17, 15) is 19.8 Å². The zero-order valence-corrected chi connectivity index (χ0v) is 27.3. The predicted molar refractivity (Wildman–Crippen MR) is 162 cm³/mol. The molecule has 3 unspecified atom stereocenters. The van der Waals surface area contributed by atoms with Crippen LogP contribution in [-0.2, 0) is 23.7 Å². The van der Waals surface area contributed by atoms with Crippen molar-refractivity contribution in [2.24, 2.45) is 29.1 Å². The maximum Gasteiger partial charge on any atom is 0.340 e. The number of halogens is 1. The number of methoxy groups -OCH3 is 3. The molecule has 43 heavy (non-hydrogen) atoms. The molecule has 0 aromatic heterocycles. The van der Waals surface area contributed by atoms with E-state index in [0.29, 0.717) is 56.4 Å². The fourth-order valence-electron chi connectivity index (χ4n) is 11.6. The van der Waals surface area contributed by atoms with Gasteiger partial charge in [0.25, 0.3) is 0 Å². The van der Waals surface area contributed by atoms with Gasteiger partial charge in [0.2, 0.25) is 5.91 Å². The normalized spacial score (nSPS) is 47.0. The number of nitrogens with zero attached hydrogens (tertiary/aromatic N) is 1. The lowest BCUT2D eigenvalue weighted by molar-refractivity contribution is -0.337. The molecule has 1 spiro atoms. The van der Waals surface area contributed by atoms with Gasteiger partial charge in [-0.15, -0.1) is 17.0 Å². The van der Waals surface area contributed by atoms with Crippen LogP contribution in [0.4, 0.5) is 5.69 Å². The minimum absolute atomic E-state index is 0. The largest absolute Gasteiger partial charge is 0.454 e. The van der Waals surface area contributed by atoms with Gasteiger partial charge in [-0.1, -0.05) is 19.1 Å². The summed E-state index contributed by atoms with van der Waals surface area (Å²) in [7, 11) is 5.05. The molecular formula is C32H45BrN2O8. The Morgan fingerprint density at radius 1 is 1.07 bits per heavy atom. The number of hydrogen-bond donors (Lipinski definition) is 3. The number of likely N-dealkylation sites (N-methyl/N-ethyl adjacent to an activating group) is 1. The Hall–Kier alpha value is -1.60. The van der Waals surface area contributed by atoms with Crippen LogP contribution in [0.15, 0.2) is 24.3 Å². The number of ether oxygens (including phenoxy) is 4. The first kappa shape index (κ1) is 31.4. The average Bonchev–Trinajstić information content (AvgIpc) is 3.39. The van der Waals surface area contributed by atoms with Crippen molar-refractivity contribution in [2.45, 2.75) is 87.1 Å². The monoisotopic (exact) mass is 664 g/mol. The number of anilines is 1. The van der Waals surface area contributed by atoms with Crippen molar-refractivity contribution in [2.75, 3.05) is 39.7 Å². The Balaban J connectivity index is 0.00000329. The number of aliphatic hydroxyl groups is 2. The molecule has 6 fully saturated rings. The van der Waals surface area contributed by atoms with Crippen molar-refractivity contribution >= 4 is 34.5 Å². The molecule has 6 aliphatic rings. The van der Waals surface area contributed by atoms with Crippen molar-refractivity contribution < 1.29 is 38.7 Å². The van der Waals surface area contributed by atoms with Gasteiger partial charge in [-0.3, -0.25) is 9.69 Å². The van der Waals surface area contributed by atoms with Crippen LogP contribution in [0, 0.1) is 29.1 Å². The quantitative estimate of drug-likeness (QED) is 0.377. The van der Waals surface area contributed by atoms with E-state index in [1.54, 1.807) is 45.6 Å². The summed E-state index contributed by atoms with van der Waals surface area (Å²) in [5.74, 6) is -1.54. The van der Waals surface area contributed by atoms with Gasteiger partial charge in [-0.2, -0.15) is 0 Å². The summed E-state index contributed by atoms with van der Waals surface area (Å²) < 4.78 is 25.1. The summed E-state index contributed by atoms with van der Waals surface area (Å²) >= 11 is 0. The molecule has 238 valence electrons. The number of carbonyl (C=O) groups excluding carboxylic acids is 2. The van der Waals surface area contributed by atoms with Gasteiger partial charge in [0.05, 0.1) is 29.6 Å². The second-order valence-electron chi connectivity index (χ2n) is 13.7. The van der Waals surface area contributed by atoms with E-state index in [0.717, 1.165) is 0 Å². The predicted octanol–water partition coefficient (Wildman–Crippen LogP) is 2.80. The molecule has 7 bridgehead atoms. The molecule has 3 N–H and O–H groups in total. The van der Waals surface area contributed by atoms with Crippen molar-refractivity contribution in [1.82, 2.24) is 4.90 Å². The first-order valence-corrected chi connectivity index (χ1v) is 15.4. The molecule has 11 heteroatoms. The van der Waals surface area contributed by atoms with Crippen LogP contribution in [0.5, 0.6) is 0 Å². The molecule has 1 aromatic carbocycles. The number of hydrogen-bond acceptors (Lipinski definition) is 9. The summed E-state index contributed by atoms with van der Waals surface area (Å²) in [6.07, 6.45) is 1.91. The van der Waals surface area contributed by atoms with Crippen LogP contribution in [0.3, 0.4) is 0 Å². The van der Waals surface area contributed by atoms with Crippen LogP contribution >= 0.6 is 17.0 Å². The highest BCUT2D eigenvalue weighted by Gasteiger charge is 2.89. The number of benzene rings is 1. The molecule has 10 nitrogen and oxygen atoms in total. The maximum atomic E-state index is 14.0. The minimum Gasteiger partial charge on any atom is -0.454 e. The summed E-state index contributed by atoms with van der Waals surface area (Å²) in [4.78, 5) is 28.3. The van der Waals surface area contributed by atoms with Gasteiger partial charge in [-0.25, -0.2) is 4.79 Å². The number of nitrogens with one attached hydrogen (secondary N) is 1. The molecule has 1 aromatic rings. The topological polar surface area (TPSA) is 127 Å². The van der Waals surface area contributed by atoms with Crippen molar-refractivity contribution in [3.05, 3.63) is 29.8 Å². The van der Waals surface area contributed by atoms with Gasteiger partial charge in [0.1, 0.15) is 16.8 Å². The van der Waals surface area contributed by atoms with Crippen molar-refractivity contribution in [1.29, 1.82) is 0 Å². The minimum atomic E-state index is -1.48. The molecular weight excluding hydrogens is 620 g/mol. The number of amides is 1. The lowest BCUT2D eigenvalue weighted by Gasteiger charge is -2.70. The highest BCUT2D eigenvalue weighted by atomic mass is 79.9. The van der Waals surface area contributed by atoms with Gasteiger partial charge in [-0.05, 0) is 44.4 Å². The highest BCUT2D eigenvalue weighted by molar-refractivity contribution is 8.93. The molecule has 5 aliphatic carbocycles. The van der Waals surface area contributed by atoms with Crippen LogP contribution in [0.1, 0.15) is 56.3 Å². The van der Waals surface area contributed by atoms with E-state index in [1.165, 1.54) is 6.92 Å². The Morgan fingerprint density at radius 3 is 2.47 bits per heavy atom. The molecule has 1 amide bonds. The second-order valence-corrected chi connectivity index (χ2v) is 13.7. The lowest BCUT2D eigenvalue weighted by atomic mass is 9.44. The van der Waals surface area contributed by atoms with E-state index >= 15 is 0 Å². The SMILES string of the molecule is Br.CCN1C[C@@]2(OC(=O)c3ccccc3NC(C)=O)CC[C@@H](OC)C34[C@@H]1C(C[C@@H]32)[C@@]1(O)C[C@H](OC)C2C[C@@H]4[C@]1(O)[C@H]2OC. The molecule has 1 heterocycles. The van der Waals surface area contributed by atoms with E-state index < -0.39 is 34.3 Å². The Kier molecular flexibility index (Phi) is 7.64. The summed E-state index contributed by atoms with van der Waals surface area (Å²) in [5, 5.41) is 28.4. The van der Waals surface area contributed by atoms with Crippen LogP contribution in [0.25, 0.3) is 0 Å². The Bertz CT molecular complexity index is 1300. The van der Waals surface area contributed by atoms with E-state index in [2.05, 4.69) is 17.1 Å². The smallest absolute Gasteiger partial charge is 0.340 e. The number of carbonyl (C=O) groups is 2. The van der Waals surface area contributed by atoms with E-state index in [1.807, 2.05) is 0 Å². The summed E-state index contributed by atoms with van der Waals surface area (Å²) in [5.41, 5.74) is -3.57. The fraction of sp³-hybridized carbons (Fsp3) is 0.750. The summed E-state index contributed by atoms with van der Waals surface area (Å²) in [6.45, 7) is 4.79. The zero-order valence-electron chi connectivity index (χ0n) is 25.6. The number of piperidine rings is 1. The van der Waals surface area contributed by atoms with Gasteiger partial charge in [0.15, 0.2) is 0 Å². The third-order valence-corrected chi connectivity index (χ3v) is 12.6. The van der Waals surface area contributed by atoms with E-state index in [4.69, 9.17) is 18.9 Å². The van der Waals surface area contributed by atoms with Crippen molar-refractivity contribution in [3.63, 3.8) is 0 Å². The first-order chi connectivity index (χ1) is 20.1. The lowest BCUT2D eigenvalue weighted by Crippen LogP contribution is -2.83. The third kappa shape index (κ3) is 3.67. The van der Waals surface area contributed by atoms with Crippen molar-refractivity contribution in [3.8, 4) is 0 Å². The maximum absolute atomic E-state index is 14.0. The van der Waals surface area contributed by atoms with Gasteiger partial charge in [0, 0.05) is 76.3 Å². The zero-order chi connectivity index (χ0) is 29.8. The molecule has 12 atom stereocenters. The molecule has 1 saturated heterocycles. The number of likely N-dealkylation sites (tertiary alicyclic amines) is 1.